The van der Waals surface area contributed by atoms with Crippen molar-refractivity contribution in [2.45, 2.75) is 81.7 Å². The average molecular weight is 396 g/mol. The molecule has 12 heteroatoms. The molecule has 0 amide bonds. The molecule has 2 aliphatic heterocycles. The largest absolute Gasteiger partial charge is 0.432 e. The molecule has 2 rings (SSSR count). The highest BCUT2D eigenvalue weighted by molar-refractivity contribution is 5.91. The van der Waals surface area contributed by atoms with Crippen LogP contribution in [0.4, 0.5) is 0 Å². The predicted molar refractivity (Wildman–Crippen MR) is 81.5 cm³/mol. The molecule has 2 fully saturated rings. The van der Waals surface area contributed by atoms with Gasteiger partial charge in [-0.3, -0.25) is 9.59 Å². The molecule has 0 spiro atoms. The van der Waals surface area contributed by atoms with Gasteiger partial charge in [-0.25, -0.2) is 0 Å². The van der Waals surface area contributed by atoms with E-state index in [0.717, 1.165) is 0 Å². The lowest BCUT2D eigenvalue weighted by Crippen LogP contribution is -2.58. The van der Waals surface area contributed by atoms with Gasteiger partial charge in [0.15, 0.2) is 0 Å². The highest BCUT2D eigenvalue weighted by Crippen LogP contribution is 2.23. The van der Waals surface area contributed by atoms with E-state index in [4.69, 9.17) is 18.9 Å². The summed E-state index contributed by atoms with van der Waals surface area (Å²) in [6, 6.07) is 0. The Balaban J connectivity index is 1.86. The van der Waals surface area contributed by atoms with Crippen molar-refractivity contribution in [1.82, 2.24) is 0 Å². The van der Waals surface area contributed by atoms with Crippen molar-refractivity contribution >= 4 is 11.9 Å². The first-order valence-electron chi connectivity index (χ1n) is 8.31. The summed E-state index contributed by atoms with van der Waals surface area (Å²) in [4.78, 5) is 23.6. The van der Waals surface area contributed by atoms with Gasteiger partial charge in [-0.05, 0) is 13.8 Å². The molecule has 2 saturated heterocycles. The van der Waals surface area contributed by atoms with Gasteiger partial charge in [0.05, 0.1) is 12.2 Å². The van der Waals surface area contributed by atoms with Crippen LogP contribution in [0, 0.1) is 0 Å². The van der Waals surface area contributed by atoms with E-state index in [9.17, 15) is 40.2 Å². The third-order valence-electron chi connectivity index (χ3n) is 4.40. The Hall–Kier alpha value is -1.38. The Labute approximate surface area is 153 Å². The molecular formula is C15H24O12. The SMILES string of the molecule is C[C@H]1OC(OC(=O)CC(=O)OC2O[C@H](C)[C@H](O)[C@H](O)[C@H]2O)[C@H](O)[C@@H](O)[C@H]1O. The second kappa shape index (κ2) is 8.75. The van der Waals surface area contributed by atoms with Crippen molar-refractivity contribution in [1.29, 1.82) is 0 Å². The maximum absolute atomic E-state index is 11.8. The fraction of sp³-hybridized carbons (Fsp3) is 0.867. The standard InChI is InChI=1S/C15H24O12/c1-4-8(18)10(20)12(22)14(24-4)26-6(16)3-7(17)27-15-13(23)11(21)9(19)5(2)25-15/h4-5,8-15,18-23H,3H2,1-2H3/t4-,5-,8+,9+,10+,11+,12-,13-,14?,15?/m1/s1. The van der Waals surface area contributed by atoms with Gasteiger partial charge in [0.25, 0.3) is 0 Å². The summed E-state index contributed by atoms with van der Waals surface area (Å²) in [6.45, 7) is 2.77. The third-order valence-corrected chi connectivity index (χ3v) is 4.40. The number of rotatable bonds is 4. The quantitative estimate of drug-likeness (QED) is 0.200. The Kier molecular flexibility index (Phi) is 7.10. The van der Waals surface area contributed by atoms with Crippen LogP contribution in [0.5, 0.6) is 0 Å². The first-order valence-corrected chi connectivity index (χ1v) is 8.31. The lowest BCUT2D eigenvalue weighted by Gasteiger charge is -2.38. The molecule has 156 valence electrons. The molecular weight excluding hydrogens is 372 g/mol. The van der Waals surface area contributed by atoms with E-state index >= 15 is 0 Å². The lowest BCUT2D eigenvalue weighted by molar-refractivity contribution is -0.288. The predicted octanol–water partition coefficient (Wildman–Crippen LogP) is -3.88. The maximum Gasteiger partial charge on any atom is 0.319 e. The normalized spacial score (nSPS) is 45.2. The Morgan fingerprint density at radius 1 is 0.667 bits per heavy atom. The van der Waals surface area contributed by atoms with E-state index in [2.05, 4.69) is 0 Å². The van der Waals surface area contributed by atoms with E-state index in [1.807, 2.05) is 0 Å². The molecule has 2 aliphatic rings. The summed E-state index contributed by atoms with van der Waals surface area (Å²) in [5.41, 5.74) is 0. The Morgan fingerprint density at radius 2 is 1.00 bits per heavy atom. The van der Waals surface area contributed by atoms with Crippen LogP contribution < -0.4 is 0 Å². The van der Waals surface area contributed by atoms with Crippen molar-refractivity contribution in [2.24, 2.45) is 0 Å². The second-order valence-corrected chi connectivity index (χ2v) is 6.52. The van der Waals surface area contributed by atoms with Crippen molar-refractivity contribution in [3.8, 4) is 0 Å². The number of hydrogen-bond acceptors (Lipinski definition) is 12. The molecule has 12 nitrogen and oxygen atoms in total. The molecule has 0 aromatic carbocycles. The van der Waals surface area contributed by atoms with Crippen molar-refractivity contribution < 1.29 is 59.2 Å². The molecule has 2 unspecified atom stereocenters. The van der Waals surface area contributed by atoms with Gasteiger partial charge < -0.3 is 49.6 Å². The number of carbonyl (C=O) groups is 2. The molecule has 0 saturated carbocycles. The van der Waals surface area contributed by atoms with Crippen LogP contribution >= 0.6 is 0 Å². The zero-order valence-electron chi connectivity index (χ0n) is 14.6. The number of aliphatic hydroxyl groups excluding tert-OH is 6. The summed E-state index contributed by atoms with van der Waals surface area (Å²) in [5.74, 6) is -2.34. The molecule has 0 aromatic heterocycles. The van der Waals surface area contributed by atoms with Crippen LogP contribution in [0.2, 0.25) is 0 Å². The molecule has 6 N–H and O–H groups in total. The minimum absolute atomic E-state index is 0.937. The lowest BCUT2D eigenvalue weighted by atomic mass is 10.00. The first kappa shape index (κ1) is 21.9. The van der Waals surface area contributed by atoms with Crippen LogP contribution in [0.25, 0.3) is 0 Å². The van der Waals surface area contributed by atoms with Crippen LogP contribution in [0.15, 0.2) is 0 Å². The minimum atomic E-state index is -1.72. The fourth-order valence-electron chi connectivity index (χ4n) is 2.68. The number of carbonyl (C=O) groups excluding carboxylic acids is 2. The number of hydrogen-bond donors (Lipinski definition) is 6. The van der Waals surface area contributed by atoms with Crippen LogP contribution in [-0.4, -0.2) is 104 Å². The van der Waals surface area contributed by atoms with Crippen LogP contribution in [-0.2, 0) is 28.5 Å². The van der Waals surface area contributed by atoms with Crippen molar-refractivity contribution in [2.75, 3.05) is 0 Å². The molecule has 0 aliphatic carbocycles. The maximum atomic E-state index is 11.8. The molecule has 0 bridgehead atoms. The van der Waals surface area contributed by atoms with Gasteiger partial charge in [0.2, 0.25) is 12.6 Å². The fourth-order valence-corrected chi connectivity index (χ4v) is 2.68. The Morgan fingerprint density at radius 3 is 1.33 bits per heavy atom. The molecule has 27 heavy (non-hydrogen) atoms. The first-order chi connectivity index (χ1) is 12.5. The summed E-state index contributed by atoms with van der Waals surface area (Å²) in [5, 5.41) is 57.9. The molecule has 0 radical (unpaired) electrons. The zero-order valence-corrected chi connectivity index (χ0v) is 14.6. The highest BCUT2D eigenvalue weighted by Gasteiger charge is 2.45. The topological polar surface area (TPSA) is 192 Å². The monoisotopic (exact) mass is 396 g/mol. The molecule has 10 atom stereocenters. The van der Waals surface area contributed by atoms with E-state index in [1.54, 1.807) is 0 Å². The molecule has 2 heterocycles. The zero-order chi connectivity index (χ0) is 20.5. The van der Waals surface area contributed by atoms with E-state index in [-0.39, 0.29) is 0 Å². The number of aliphatic hydroxyl groups is 6. The van der Waals surface area contributed by atoms with E-state index < -0.39 is 79.8 Å². The van der Waals surface area contributed by atoms with Gasteiger partial charge in [-0.1, -0.05) is 0 Å². The van der Waals surface area contributed by atoms with Crippen molar-refractivity contribution in [3.05, 3.63) is 0 Å². The summed E-state index contributed by atoms with van der Waals surface area (Å²) >= 11 is 0. The van der Waals surface area contributed by atoms with Gasteiger partial charge in [0, 0.05) is 0 Å². The summed E-state index contributed by atoms with van der Waals surface area (Å²) in [7, 11) is 0. The van der Waals surface area contributed by atoms with E-state index in [0.29, 0.717) is 0 Å². The van der Waals surface area contributed by atoms with Crippen molar-refractivity contribution in [3.63, 3.8) is 0 Å². The second-order valence-electron chi connectivity index (χ2n) is 6.52. The summed E-state index contributed by atoms with van der Waals surface area (Å²) in [6.07, 6.45) is -15.5. The highest BCUT2D eigenvalue weighted by atomic mass is 16.7. The average Bonchev–Trinajstić information content (AvgIpc) is 2.60. The van der Waals surface area contributed by atoms with Gasteiger partial charge in [-0.2, -0.15) is 0 Å². The van der Waals surface area contributed by atoms with Gasteiger partial charge in [0.1, 0.15) is 43.0 Å². The van der Waals surface area contributed by atoms with Crippen LogP contribution in [0.3, 0.4) is 0 Å². The Bertz CT molecular complexity index is 495. The van der Waals surface area contributed by atoms with Gasteiger partial charge >= 0.3 is 11.9 Å². The third kappa shape index (κ3) is 4.92. The summed E-state index contributed by atoms with van der Waals surface area (Å²) < 4.78 is 19.6. The van der Waals surface area contributed by atoms with Gasteiger partial charge in [-0.15, -0.1) is 0 Å². The number of ether oxygens (including phenoxy) is 4. The number of esters is 2. The smallest absolute Gasteiger partial charge is 0.319 e. The molecule has 0 aromatic rings. The minimum Gasteiger partial charge on any atom is -0.432 e. The van der Waals surface area contributed by atoms with E-state index in [1.165, 1.54) is 13.8 Å². The van der Waals surface area contributed by atoms with Crippen LogP contribution in [0.1, 0.15) is 20.3 Å².